The average Bonchev–Trinajstić information content (AvgIpc) is 3.01. The summed E-state index contributed by atoms with van der Waals surface area (Å²) in [4.78, 5) is 15.3. The number of hydrogen-bond acceptors (Lipinski definition) is 7. The van der Waals surface area contributed by atoms with Crippen LogP contribution in [0.1, 0.15) is 5.82 Å². The number of nitrogens with one attached hydrogen (secondary N) is 1. The maximum atomic E-state index is 12.9. The van der Waals surface area contributed by atoms with Gasteiger partial charge in [-0.15, -0.1) is 0 Å². The van der Waals surface area contributed by atoms with Crippen LogP contribution in [0.3, 0.4) is 0 Å². The Kier molecular flexibility index (Phi) is 5.19. The molecule has 0 aliphatic rings. The van der Waals surface area contributed by atoms with Gasteiger partial charge in [-0.05, 0) is 37.3 Å². The minimum Gasteiger partial charge on any atom is -0.480 e. The molecule has 2 aromatic heterocycles. The van der Waals surface area contributed by atoms with Crippen LogP contribution < -0.4 is 9.46 Å². The first kappa shape index (κ1) is 18.9. The zero-order valence-electron chi connectivity index (χ0n) is 14.3. The van der Waals surface area contributed by atoms with Crippen molar-refractivity contribution in [3.63, 3.8) is 0 Å². The molecule has 0 aliphatic carbocycles. The van der Waals surface area contributed by atoms with Crippen LogP contribution in [0.25, 0.3) is 5.65 Å². The number of fused-ring (bicyclic) bond motifs is 1. The third-order valence-corrected chi connectivity index (χ3v) is 5.10. The molecular weight excluding hydrogens is 396 g/mol. The van der Waals surface area contributed by atoms with E-state index in [2.05, 4.69) is 19.5 Å². The van der Waals surface area contributed by atoms with Gasteiger partial charge in [0, 0.05) is 11.2 Å². The molecule has 1 N–H and O–H groups in total. The summed E-state index contributed by atoms with van der Waals surface area (Å²) in [5, 5.41) is 4.33. The van der Waals surface area contributed by atoms with E-state index < -0.39 is 22.6 Å². The molecule has 9 nitrogen and oxygen atoms in total. The van der Waals surface area contributed by atoms with Crippen LogP contribution in [0, 0.1) is 6.92 Å². The first-order chi connectivity index (χ1) is 12.8. The van der Waals surface area contributed by atoms with E-state index >= 15 is 0 Å². The van der Waals surface area contributed by atoms with Gasteiger partial charge in [-0.2, -0.15) is 5.10 Å². The number of benzene rings is 1. The van der Waals surface area contributed by atoms with Gasteiger partial charge in [0.05, 0.1) is 12.8 Å². The highest BCUT2D eigenvalue weighted by Crippen LogP contribution is 2.29. The zero-order chi connectivity index (χ0) is 19.6. The van der Waals surface area contributed by atoms with Crippen molar-refractivity contribution in [1.29, 1.82) is 0 Å². The molecule has 1 aromatic carbocycles. The number of carbonyl (C=O) groups excluding carboxylic acids is 1. The number of nitrogens with zero attached hydrogens (tertiary/aromatic N) is 3. The van der Waals surface area contributed by atoms with Gasteiger partial charge in [-0.1, -0.05) is 11.6 Å². The third kappa shape index (κ3) is 4.12. The second kappa shape index (κ2) is 7.41. The summed E-state index contributed by atoms with van der Waals surface area (Å²) in [5.74, 6) is -0.196. The van der Waals surface area contributed by atoms with Crippen molar-refractivity contribution in [3.05, 3.63) is 47.4 Å². The molecule has 2 heterocycles. The number of esters is 1. The number of rotatable bonds is 6. The molecule has 0 unspecified atom stereocenters. The molecule has 0 amide bonds. The van der Waals surface area contributed by atoms with Gasteiger partial charge >= 0.3 is 5.97 Å². The highest BCUT2D eigenvalue weighted by atomic mass is 35.5. The van der Waals surface area contributed by atoms with Crippen molar-refractivity contribution in [2.45, 2.75) is 11.8 Å². The number of halogens is 1. The van der Waals surface area contributed by atoms with Crippen LogP contribution >= 0.6 is 11.6 Å². The molecule has 0 atom stereocenters. The topological polar surface area (TPSA) is 112 Å². The van der Waals surface area contributed by atoms with E-state index in [9.17, 15) is 13.2 Å². The highest BCUT2D eigenvalue weighted by molar-refractivity contribution is 7.92. The summed E-state index contributed by atoms with van der Waals surface area (Å²) in [5.41, 5.74) is 0.578. The van der Waals surface area contributed by atoms with Crippen molar-refractivity contribution in [2.75, 3.05) is 18.4 Å². The van der Waals surface area contributed by atoms with E-state index in [-0.39, 0.29) is 21.4 Å². The standard InChI is InChI=1S/C16H15ClN4O5S/c1-10-18-16-12(4-3-7-21(16)19-10)20-27(23,24)14-8-11(17)5-6-13(14)26-9-15(22)25-2/h3-8,20H,9H2,1-2H3. The second-order valence-electron chi connectivity index (χ2n) is 5.41. The normalized spacial score (nSPS) is 11.4. The summed E-state index contributed by atoms with van der Waals surface area (Å²) in [6.45, 7) is 1.25. The maximum absolute atomic E-state index is 12.9. The van der Waals surface area contributed by atoms with Crippen molar-refractivity contribution in [3.8, 4) is 5.75 Å². The highest BCUT2D eigenvalue weighted by Gasteiger charge is 2.23. The summed E-state index contributed by atoms with van der Waals surface area (Å²) in [6, 6.07) is 7.23. The molecule has 0 fully saturated rings. The number of pyridine rings is 1. The number of sulfonamides is 1. The van der Waals surface area contributed by atoms with E-state index in [0.717, 1.165) is 0 Å². The smallest absolute Gasteiger partial charge is 0.343 e. The van der Waals surface area contributed by atoms with E-state index in [4.69, 9.17) is 16.3 Å². The van der Waals surface area contributed by atoms with E-state index in [1.807, 2.05) is 0 Å². The Morgan fingerprint density at radius 3 is 2.85 bits per heavy atom. The van der Waals surface area contributed by atoms with E-state index in [1.54, 1.807) is 25.3 Å². The molecule has 0 saturated heterocycles. The van der Waals surface area contributed by atoms with Crippen molar-refractivity contribution < 1.29 is 22.7 Å². The summed E-state index contributed by atoms with van der Waals surface area (Å²) >= 11 is 5.95. The Morgan fingerprint density at radius 1 is 1.33 bits per heavy atom. The summed E-state index contributed by atoms with van der Waals surface area (Å²) < 4.78 is 39.5. The fourth-order valence-electron chi connectivity index (χ4n) is 2.30. The third-order valence-electron chi connectivity index (χ3n) is 3.48. The Bertz CT molecular complexity index is 1110. The molecule has 3 rings (SSSR count). The molecular formula is C16H15ClN4O5S. The Hall–Kier alpha value is -2.85. The number of carbonyl (C=O) groups is 1. The van der Waals surface area contributed by atoms with Crippen LogP contribution in [0.15, 0.2) is 41.4 Å². The van der Waals surface area contributed by atoms with Crippen molar-refractivity contribution in [1.82, 2.24) is 14.6 Å². The minimum atomic E-state index is -4.10. The molecule has 0 aliphatic heterocycles. The predicted molar refractivity (Wildman–Crippen MR) is 97.5 cm³/mol. The molecule has 0 spiro atoms. The molecule has 0 radical (unpaired) electrons. The lowest BCUT2D eigenvalue weighted by molar-refractivity contribution is -0.142. The first-order valence-electron chi connectivity index (χ1n) is 7.64. The number of aryl methyl sites for hydroxylation is 1. The molecule has 0 bridgehead atoms. The monoisotopic (exact) mass is 410 g/mol. The number of anilines is 1. The molecule has 142 valence electrons. The quantitative estimate of drug-likeness (QED) is 0.619. The summed E-state index contributed by atoms with van der Waals surface area (Å²) in [6.07, 6.45) is 1.65. The number of ether oxygens (including phenoxy) is 2. The molecule has 0 saturated carbocycles. The largest absolute Gasteiger partial charge is 0.480 e. The van der Waals surface area contributed by atoms with Gasteiger partial charge in [0.15, 0.2) is 12.3 Å². The van der Waals surface area contributed by atoms with E-state index in [0.29, 0.717) is 11.5 Å². The van der Waals surface area contributed by atoms with Gasteiger partial charge < -0.3 is 9.47 Å². The van der Waals surface area contributed by atoms with Gasteiger partial charge in [0.2, 0.25) is 0 Å². The molecule has 27 heavy (non-hydrogen) atoms. The van der Waals surface area contributed by atoms with Crippen LogP contribution in [0.4, 0.5) is 5.69 Å². The maximum Gasteiger partial charge on any atom is 0.343 e. The van der Waals surface area contributed by atoms with Gasteiger partial charge in [-0.3, -0.25) is 4.72 Å². The van der Waals surface area contributed by atoms with Gasteiger partial charge in [0.25, 0.3) is 10.0 Å². The second-order valence-corrected chi connectivity index (χ2v) is 7.50. The predicted octanol–water partition coefficient (Wildman–Crippen LogP) is 2.04. The van der Waals surface area contributed by atoms with E-state index in [1.165, 1.54) is 29.8 Å². The van der Waals surface area contributed by atoms with Crippen LogP contribution in [-0.2, 0) is 19.6 Å². The van der Waals surface area contributed by atoms with Crippen LogP contribution in [-0.4, -0.2) is 42.7 Å². The van der Waals surface area contributed by atoms with Gasteiger partial charge in [0.1, 0.15) is 16.5 Å². The fraction of sp³-hybridized carbons (Fsp3) is 0.188. The number of aromatic nitrogens is 3. The fourth-order valence-corrected chi connectivity index (χ4v) is 3.77. The zero-order valence-corrected chi connectivity index (χ0v) is 15.9. The van der Waals surface area contributed by atoms with Crippen molar-refractivity contribution >= 4 is 38.9 Å². The lowest BCUT2D eigenvalue weighted by Gasteiger charge is -2.13. The van der Waals surface area contributed by atoms with Gasteiger partial charge in [-0.25, -0.2) is 22.7 Å². The molecule has 11 heteroatoms. The Labute approximate surface area is 159 Å². The van der Waals surface area contributed by atoms with Crippen molar-refractivity contribution in [2.24, 2.45) is 0 Å². The first-order valence-corrected chi connectivity index (χ1v) is 9.50. The minimum absolute atomic E-state index is 0.0399. The van der Waals surface area contributed by atoms with Crippen LogP contribution in [0.2, 0.25) is 5.02 Å². The number of methoxy groups -OCH3 is 1. The lowest BCUT2D eigenvalue weighted by atomic mass is 10.3. The SMILES string of the molecule is COC(=O)COc1ccc(Cl)cc1S(=O)(=O)Nc1cccn2nc(C)nc12. The Balaban J connectivity index is 1.98. The lowest BCUT2D eigenvalue weighted by Crippen LogP contribution is -2.18. The average molecular weight is 411 g/mol. The van der Waals surface area contributed by atoms with Crippen LogP contribution in [0.5, 0.6) is 5.75 Å². The Morgan fingerprint density at radius 2 is 2.11 bits per heavy atom. The number of hydrogen-bond donors (Lipinski definition) is 1. The molecule has 3 aromatic rings. The summed E-state index contributed by atoms with van der Waals surface area (Å²) in [7, 11) is -2.89.